The SMILES string of the molecule is COC(=O)CCCCC(=O)c1ccc(C(=O)OC)cc1C. The van der Waals surface area contributed by atoms with Crippen LogP contribution in [0.25, 0.3) is 0 Å². The second-order valence-corrected chi connectivity index (χ2v) is 4.73. The monoisotopic (exact) mass is 292 g/mol. The van der Waals surface area contributed by atoms with Gasteiger partial charge < -0.3 is 9.47 Å². The number of rotatable bonds is 7. The lowest BCUT2D eigenvalue weighted by Crippen LogP contribution is -2.06. The number of unbranched alkanes of at least 4 members (excludes halogenated alkanes) is 1. The van der Waals surface area contributed by atoms with Crippen LogP contribution in [0.5, 0.6) is 0 Å². The summed E-state index contributed by atoms with van der Waals surface area (Å²) in [5, 5.41) is 0. The fraction of sp³-hybridized carbons (Fsp3) is 0.438. The molecule has 0 bridgehead atoms. The Morgan fingerprint density at radius 2 is 1.67 bits per heavy atom. The molecule has 0 unspecified atom stereocenters. The van der Waals surface area contributed by atoms with Gasteiger partial charge in [-0.15, -0.1) is 0 Å². The molecule has 21 heavy (non-hydrogen) atoms. The largest absolute Gasteiger partial charge is 0.469 e. The quantitative estimate of drug-likeness (QED) is 0.439. The average Bonchev–Trinajstić information content (AvgIpc) is 2.49. The van der Waals surface area contributed by atoms with E-state index in [1.165, 1.54) is 14.2 Å². The summed E-state index contributed by atoms with van der Waals surface area (Å²) < 4.78 is 9.18. The van der Waals surface area contributed by atoms with Crippen molar-refractivity contribution in [2.75, 3.05) is 14.2 Å². The van der Waals surface area contributed by atoms with Crippen LogP contribution < -0.4 is 0 Å². The molecule has 0 fully saturated rings. The highest BCUT2D eigenvalue weighted by Crippen LogP contribution is 2.15. The van der Waals surface area contributed by atoms with Crippen molar-refractivity contribution < 1.29 is 23.9 Å². The highest BCUT2D eigenvalue weighted by Gasteiger charge is 2.12. The molecule has 1 rings (SSSR count). The lowest BCUT2D eigenvalue weighted by atomic mass is 9.98. The third kappa shape index (κ3) is 5.02. The Labute approximate surface area is 124 Å². The van der Waals surface area contributed by atoms with Crippen LogP contribution in [-0.4, -0.2) is 31.9 Å². The van der Waals surface area contributed by atoms with Gasteiger partial charge in [0.2, 0.25) is 0 Å². The smallest absolute Gasteiger partial charge is 0.337 e. The maximum absolute atomic E-state index is 12.1. The molecule has 0 radical (unpaired) electrons. The van der Waals surface area contributed by atoms with E-state index < -0.39 is 5.97 Å². The molecular weight excluding hydrogens is 272 g/mol. The van der Waals surface area contributed by atoms with E-state index in [2.05, 4.69) is 9.47 Å². The van der Waals surface area contributed by atoms with E-state index in [9.17, 15) is 14.4 Å². The lowest BCUT2D eigenvalue weighted by Gasteiger charge is -2.07. The number of methoxy groups -OCH3 is 2. The van der Waals surface area contributed by atoms with Gasteiger partial charge in [0.15, 0.2) is 5.78 Å². The van der Waals surface area contributed by atoms with Crippen molar-refractivity contribution in [1.29, 1.82) is 0 Å². The summed E-state index contributed by atoms with van der Waals surface area (Å²) in [5.41, 5.74) is 1.77. The number of hydrogen-bond donors (Lipinski definition) is 0. The van der Waals surface area contributed by atoms with E-state index in [1.54, 1.807) is 25.1 Å². The van der Waals surface area contributed by atoms with Gasteiger partial charge in [0, 0.05) is 18.4 Å². The Morgan fingerprint density at radius 1 is 1.00 bits per heavy atom. The van der Waals surface area contributed by atoms with Crippen molar-refractivity contribution in [3.8, 4) is 0 Å². The molecule has 0 aliphatic rings. The number of esters is 2. The number of hydrogen-bond acceptors (Lipinski definition) is 5. The zero-order chi connectivity index (χ0) is 15.8. The van der Waals surface area contributed by atoms with Crippen molar-refractivity contribution >= 4 is 17.7 Å². The summed E-state index contributed by atoms with van der Waals surface area (Å²) in [4.78, 5) is 34.5. The van der Waals surface area contributed by atoms with E-state index in [4.69, 9.17) is 0 Å². The zero-order valence-electron chi connectivity index (χ0n) is 12.6. The van der Waals surface area contributed by atoms with E-state index in [-0.39, 0.29) is 11.8 Å². The molecule has 0 saturated heterocycles. The third-order valence-corrected chi connectivity index (χ3v) is 3.21. The molecule has 0 amide bonds. The minimum atomic E-state index is -0.421. The predicted molar refractivity (Wildman–Crippen MR) is 77.3 cm³/mol. The van der Waals surface area contributed by atoms with Crippen molar-refractivity contribution in [2.24, 2.45) is 0 Å². The highest BCUT2D eigenvalue weighted by molar-refractivity contribution is 5.99. The zero-order valence-corrected chi connectivity index (χ0v) is 12.6. The van der Waals surface area contributed by atoms with Gasteiger partial charge in [-0.1, -0.05) is 6.07 Å². The second kappa shape index (κ2) is 8.19. The standard InChI is InChI=1S/C16H20O5/c1-11-10-12(16(19)21-3)8-9-13(11)14(17)6-4-5-7-15(18)20-2/h8-10H,4-7H2,1-3H3. The number of ether oxygens (including phenoxy) is 2. The molecule has 0 saturated carbocycles. The fourth-order valence-corrected chi connectivity index (χ4v) is 2.01. The van der Waals surface area contributed by atoms with Crippen molar-refractivity contribution in [1.82, 2.24) is 0 Å². The van der Waals surface area contributed by atoms with Crippen LogP contribution in [0.4, 0.5) is 0 Å². The fourth-order valence-electron chi connectivity index (χ4n) is 2.01. The van der Waals surface area contributed by atoms with E-state index >= 15 is 0 Å². The third-order valence-electron chi connectivity index (χ3n) is 3.21. The molecule has 114 valence electrons. The van der Waals surface area contributed by atoms with Gasteiger partial charge in [-0.2, -0.15) is 0 Å². The molecule has 0 N–H and O–H groups in total. The maximum atomic E-state index is 12.1. The topological polar surface area (TPSA) is 69.7 Å². The molecule has 0 atom stereocenters. The van der Waals surface area contributed by atoms with Crippen molar-refractivity contribution in [3.05, 3.63) is 34.9 Å². The summed E-state index contributed by atoms with van der Waals surface area (Å²) in [6.07, 6.45) is 1.95. The molecule has 5 heteroatoms. The molecule has 5 nitrogen and oxygen atoms in total. The van der Waals surface area contributed by atoms with Gasteiger partial charge in [-0.25, -0.2) is 4.79 Å². The predicted octanol–water partition coefficient (Wildman–Crippen LogP) is 2.70. The van der Waals surface area contributed by atoms with E-state index in [0.29, 0.717) is 36.8 Å². The number of Topliss-reactive ketones (excluding diaryl/α,β-unsaturated/α-hetero) is 1. The molecular formula is C16H20O5. The first-order chi connectivity index (χ1) is 9.99. The molecule has 1 aromatic carbocycles. The maximum Gasteiger partial charge on any atom is 0.337 e. The normalized spacial score (nSPS) is 10.0. The molecule has 0 aliphatic carbocycles. The first-order valence-electron chi connectivity index (χ1n) is 6.78. The summed E-state index contributed by atoms with van der Waals surface area (Å²) in [5.74, 6) is -0.676. The van der Waals surface area contributed by atoms with Crippen molar-refractivity contribution in [2.45, 2.75) is 32.6 Å². The number of aryl methyl sites for hydroxylation is 1. The Bertz CT molecular complexity index is 533. The van der Waals surface area contributed by atoms with Gasteiger partial charge >= 0.3 is 11.9 Å². The van der Waals surface area contributed by atoms with Crippen LogP contribution in [0.15, 0.2) is 18.2 Å². The van der Waals surface area contributed by atoms with Crippen LogP contribution in [0, 0.1) is 6.92 Å². The molecule has 0 heterocycles. The van der Waals surface area contributed by atoms with Crippen molar-refractivity contribution in [3.63, 3.8) is 0 Å². The Kier molecular flexibility index (Phi) is 6.59. The Balaban J connectivity index is 2.58. The second-order valence-electron chi connectivity index (χ2n) is 4.73. The minimum Gasteiger partial charge on any atom is -0.469 e. The highest BCUT2D eigenvalue weighted by atomic mass is 16.5. The van der Waals surface area contributed by atoms with E-state index in [0.717, 1.165) is 5.56 Å². The Morgan fingerprint density at radius 3 is 2.24 bits per heavy atom. The lowest BCUT2D eigenvalue weighted by molar-refractivity contribution is -0.140. The molecule has 1 aromatic rings. The molecule has 0 aliphatic heterocycles. The number of ketones is 1. The van der Waals surface area contributed by atoms with Gasteiger partial charge in [-0.3, -0.25) is 9.59 Å². The number of carbonyl (C=O) groups is 3. The van der Waals surface area contributed by atoms with Gasteiger partial charge in [0.1, 0.15) is 0 Å². The molecule has 0 spiro atoms. The molecule has 0 aromatic heterocycles. The van der Waals surface area contributed by atoms with Crippen LogP contribution in [0.3, 0.4) is 0 Å². The number of benzene rings is 1. The summed E-state index contributed by atoms with van der Waals surface area (Å²) in [6.45, 7) is 1.79. The minimum absolute atomic E-state index is 0.00813. The summed E-state index contributed by atoms with van der Waals surface area (Å²) in [7, 11) is 2.66. The van der Waals surface area contributed by atoms with Crippen LogP contribution >= 0.6 is 0 Å². The first-order valence-corrected chi connectivity index (χ1v) is 6.78. The average molecular weight is 292 g/mol. The van der Waals surface area contributed by atoms with Gasteiger partial charge in [0.05, 0.1) is 19.8 Å². The Hall–Kier alpha value is -2.17. The van der Waals surface area contributed by atoms with Gasteiger partial charge in [-0.05, 0) is 37.5 Å². The summed E-state index contributed by atoms with van der Waals surface area (Å²) >= 11 is 0. The summed E-state index contributed by atoms with van der Waals surface area (Å²) in [6, 6.07) is 4.87. The van der Waals surface area contributed by atoms with Gasteiger partial charge in [0.25, 0.3) is 0 Å². The number of carbonyl (C=O) groups excluding carboxylic acids is 3. The van der Waals surface area contributed by atoms with Crippen LogP contribution in [-0.2, 0) is 14.3 Å². The van der Waals surface area contributed by atoms with Crippen LogP contribution in [0.1, 0.15) is 52.0 Å². The van der Waals surface area contributed by atoms with E-state index in [1.807, 2.05) is 0 Å². The first kappa shape index (κ1) is 16.9. The van der Waals surface area contributed by atoms with Crippen LogP contribution in [0.2, 0.25) is 0 Å².